The Labute approximate surface area is 126 Å². The Bertz CT molecular complexity index is 606. The molecule has 0 bridgehead atoms. The van der Waals surface area contributed by atoms with Crippen molar-refractivity contribution in [1.82, 2.24) is 10.1 Å². The van der Waals surface area contributed by atoms with Crippen molar-refractivity contribution in [3.05, 3.63) is 41.5 Å². The van der Waals surface area contributed by atoms with Crippen LogP contribution in [-0.4, -0.2) is 17.2 Å². The fourth-order valence-electron chi connectivity index (χ4n) is 2.35. The molecular formula is C17H23N3O. The van der Waals surface area contributed by atoms with E-state index in [1.54, 1.807) is 0 Å². The fraction of sp³-hybridized carbons (Fsp3) is 0.529. The van der Waals surface area contributed by atoms with Crippen LogP contribution in [0, 0.1) is 0 Å². The maximum atomic E-state index is 5.30. The average Bonchev–Trinajstić information content (AvgIpc) is 3.19. The highest BCUT2D eigenvalue weighted by Gasteiger charge is 2.29. The van der Waals surface area contributed by atoms with Gasteiger partial charge in [-0.2, -0.15) is 4.98 Å². The lowest BCUT2D eigenvalue weighted by Crippen LogP contribution is -2.18. The monoisotopic (exact) mass is 285 g/mol. The first-order valence-electron chi connectivity index (χ1n) is 7.57. The van der Waals surface area contributed by atoms with E-state index in [0.717, 1.165) is 11.7 Å². The zero-order valence-electron chi connectivity index (χ0n) is 13.3. The smallest absolute Gasteiger partial charge is 0.229 e. The van der Waals surface area contributed by atoms with Crippen LogP contribution in [0.15, 0.2) is 28.8 Å². The van der Waals surface area contributed by atoms with E-state index in [0.29, 0.717) is 12.5 Å². The molecular weight excluding hydrogens is 262 g/mol. The highest BCUT2D eigenvalue weighted by Crippen LogP contribution is 2.38. The maximum Gasteiger partial charge on any atom is 0.229 e. The van der Waals surface area contributed by atoms with Crippen LogP contribution in [-0.2, 0) is 12.0 Å². The molecule has 0 spiro atoms. The second kappa shape index (κ2) is 5.17. The minimum Gasteiger partial charge on any atom is -0.367 e. The summed E-state index contributed by atoms with van der Waals surface area (Å²) in [6.45, 7) is 7.35. The van der Waals surface area contributed by atoms with Crippen LogP contribution in [0.2, 0.25) is 0 Å². The highest BCUT2D eigenvalue weighted by atomic mass is 16.5. The summed E-state index contributed by atoms with van der Waals surface area (Å²) in [5, 5.41) is 4.07. The third-order valence-corrected chi connectivity index (χ3v) is 3.96. The summed E-state index contributed by atoms with van der Waals surface area (Å²) in [6, 6.07) is 8.69. The van der Waals surface area contributed by atoms with Crippen molar-refractivity contribution in [2.75, 3.05) is 11.9 Å². The molecule has 0 amide bonds. The third-order valence-electron chi connectivity index (χ3n) is 3.96. The molecule has 0 saturated heterocycles. The summed E-state index contributed by atoms with van der Waals surface area (Å²) in [5.41, 5.74) is 2.69. The summed E-state index contributed by atoms with van der Waals surface area (Å²) in [7, 11) is 2.05. The number of nitrogens with zero attached hydrogens (tertiary/aromatic N) is 3. The molecule has 0 unspecified atom stereocenters. The molecule has 4 nitrogen and oxygen atoms in total. The summed E-state index contributed by atoms with van der Waals surface area (Å²) < 4.78 is 5.30. The fourth-order valence-corrected chi connectivity index (χ4v) is 2.35. The van der Waals surface area contributed by atoms with Crippen molar-refractivity contribution < 1.29 is 4.52 Å². The van der Waals surface area contributed by atoms with E-state index in [2.05, 4.69) is 67.1 Å². The molecule has 4 heteroatoms. The van der Waals surface area contributed by atoms with Crippen molar-refractivity contribution in [3.63, 3.8) is 0 Å². The van der Waals surface area contributed by atoms with E-state index in [9.17, 15) is 0 Å². The Morgan fingerprint density at radius 1 is 1.19 bits per heavy atom. The van der Waals surface area contributed by atoms with Crippen molar-refractivity contribution in [3.8, 4) is 0 Å². The molecule has 2 aromatic rings. The Kier molecular flexibility index (Phi) is 3.47. The summed E-state index contributed by atoms with van der Waals surface area (Å²) in [4.78, 5) is 6.62. The van der Waals surface area contributed by atoms with Gasteiger partial charge in [0.25, 0.3) is 0 Å². The van der Waals surface area contributed by atoms with Crippen LogP contribution in [0.1, 0.15) is 56.8 Å². The van der Waals surface area contributed by atoms with E-state index in [1.807, 2.05) is 0 Å². The maximum absolute atomic E-state index is 5.30. The quantitative estimate of drug-likeness (QED) is 0.855. The standard InChI is InChI=1S/C17H23N3O/c1-17(2,3)13-7-9-14(10-8-13)20(4)11-15-18-16(21-19-15)12-5-6-12/h7-10,12H,5-6,11H2,1-4H3. The van der Waals surface area contributed by atoms with Crippen molar-refractivity contribution >= 4 is 5.69 Å². The van der Waals surface area contributed by atoms with Gasteiger partial charge < -0.3 is 9.42 Å². The highest BCUT2D eigenvalue weighted by molar-refractivity contribution is 5.47. The molecule has 1 heterocycles. The van der Waals surface area contributed by atoms with Crippen LogP contribution >= 0.6 is 0 Å². The lowest BCUT2D eigenvalue weighted by Gasteiger charge is -2.22. The molecule has 0 aliphatic heterocycles. The number of rotatable bonds is 4. The first-order valence-corrected chi connectivity index (χ1v) is 7.57. The van der Waals surface area contributed by atoms with Gasteiger partial charge in [0.05, 0.1) is 6.54 Å². The van der Waals surface area contributed by atoms with Crippen LogP contribution in [0.5, 0.6) is 0 Å². The molecule has 112 valence electrons. The van der Waals surface area contributed by atoms with Crippen LogP contribution in [0.25, 0.3) is 0 Å². The van der Waals surface area contributed by atoms with E-state index in [-0.39, 0.29) is 5.41 Å². The predicted molar refractivity (Wildman–Crippen MR) is 83.5 cm³/mol. The van der Waals surface area contributed by atoms with E-state index in [1.165, 1.54) is 24.1 Å². The van der Waals surface area contributed by atoms with E-state index >= 15 is 0 Å². The van der Waals surface area contributed by atoms with Gasteiger partial charge in [-0.05, 0) is 36.0 Å². The minimum atomic E-state index is 0.184. The lowest BCUT2D eigenvalue weighted by atomic mass is 9.87. The van der Waals surface area contributed by atoms with Gasteiger partial charge in [-0.1, -0.05) is 38.1 Å². The molecule has 3 rings (SSSR count). The van der Waals surface area contributed by atoms with E-state index < -0.39 is 0 Å². The summed E-state index contributed by atoms with van der Waals surface area (Å²) in [6.07, 6.45) is 2.37. The molecule has 0 N–H and O–H groups in total. The Balaban J connectivity index is 1.67. The number of hydrogen-bond donors (Lipinski definition) is 0. The zero-order chi connectivity index (χ0) is 15.0. The zero-order valence-corrected chi connectivity index (χ0v) is 13.3. The van der Waals surface area contributed by atoms with Crippen LogP contribution < -0.4 is 4.90 Å². The minimum absolute atomic E-state index is 0.184. The first kappa shape index (κ1) is 14.1. The third kappa shape index (κ3) is 3.26. The molecule has 1 aliphatic rings. The number of benzene rings is 1. The topological polar surface area (TPSA) is 42.2 Å². The first-order chi connectivity index (χ1) is 9.93. The second-order valence-electron chi connectivity index (χ2n) is 6.98. The SMILES string of the molecule is CN(Cc1noc(C2CC2)n1)c1ccc(C(C)(C)C)cc1. The van der Waals surface area contributed by atoms with Crippen molar-refractivity contribution in [2.24, 2.45) is 0 Å². The van der Waals surface area contributed by atoms with Crippen molar-refractivity contribution in [2.45, 2.75) is 51.5 Å². The summed E-state index contributed by atoms with van der Waals surface area (Å²) >= 11 is 0. The Morgan fingerprint density at radius 3 is 2.43 bits per heavy atom. The molecule has 0 radical (unpaired) electrons. The lowest BCUT2D eigenvalue weighted by molar-refractivity contribution is 0.374. The van der Waals surface area contributed by atoms with Crippen LogP contribution in [0.3, 0.4) is 0 Å². The molecule has 1 saturated carbocycles. The van der Waals surface area contributed by atoms with Gasteiger partial charge in [0.15, 0.2) is 5.82 Å². The van der Waals surface area contributed by atoms with Gasteiger partial charge in [-0.15, -0.1) is 0 Å². The number of anilines is 1. The van der Waals surface area contributed by atoms with Crippen LogP contribution in [0.4, 0.5) is 5.69 Å². The van der Waals surface area contributed by atoms with Crippen molar-refractivity contribution in [1.29, 1.82) is 0 Å². The van der Waals surface area contributed by atoms with Gasteiger partial charge in [-0.3, -0.25) is 0 Å². The predicted octanol–water partition coefficient (Wildman–Crippen LogP) is 3.88. The summed E-state index contributed by atoms with van der Waals surface area (Å²) in [5.74, 6) is 2.09. The Morgan fingerprint density at radius 2 is 1.86 bits per heavy atom. The van der Waals surface area contributed by atoms with Gasteiger partial charge >= 0.3 is 0 Å². The van der Waals surface area contributed by atoms with Gasteiger partial charge in [-0.25, -0.2) is 0 Å². The average molecular weight is 285 g/mol. The molecule has 1 aromatic carbocycles. The van der Waals surface area contributed by atoms with Gasteiger partial charge in [0.2, 0.25) is 5.89 Å². The normalized spacial score (nSPS) is 15.2. The molecule has 1 fully saturated rings. The number of aromatic nitrogens is 2. The largest absolute Gasteiger partial charge is 0.367 e. The molecule has 21 heavy (non-hydrogen) atoms. The molecule has 0 atom stereocenters. The number of hydrogen-bond acceptors (Lipinski definition) is 4. The van der Waals surface area contributed by atoms with E-state index in [4.69, 9.17) is 4.52 Å². The second-order valence-corrected chi connectivity index (χ2v) is 6.98. The Hall–Kier alpha value is -1.84. The van der Waals surface area contributed by atoms with Gasteiger partial charge in [0, 0.05) is 18.7 Å². The molecule has 1 aromatic heterocycles. The van der Waals surface area contributed by atoms with Gasteiger partial charge in [0.1, 0.15) is 0 Å². The molecule has 1 aliphatic carbocycles.